The van der Waals surface area contributed by atoms with Gasteiger partial charge in [0.25, 0.3) is 11.8 Å². The van der Waals surface area contributed by atoms with Crippen LogP contribution in [-0.2, 0) is 25.8 Å². The number of hydroxylamine groups is 1. The van der Waals surface area contributed by atoms with Gasteiger partial charge in [-0.05, 0) is 5.56 Å². The molecule has 2 rings (SSSR count). The van der Waals surface area contributed by atoms with Crippen LogP contribution in [0.2, 0.25) is 0 Å². The van der Waals surface area contributed by atoms with E-state index in [0.717, 1.165) is 5.56 Å². The summed E-state index contributed by atoms with van der Waals surface area (Å²) < 4.78 is 4.93. The smallest absolute Gasteiger partial charge is 0.408 e. The molecule has 0 radical (unpaired) electrons. The maximum absolute atomic E-state index is 11.6. The van der Waals surface area contributed by atoms with Crippen LogP contribution in [0.15, 0.2) is 30.3 Å². The molecule has 2 unspecified atom stereocenters. The fourth-order valence-electron chi connectivity index (χ4n) is 1.65. The Kier molecular flexibility index (Phi) is 4.16. The molecule has 8 heteroatoms. The third-order valence-electron chi connectivity index (χ3n) is 2.64. The Bertz CT molecular complexity index is 519. The molecule has 4 N–H and O–H groups in total. The van der Waals surface area contributed by atoms with E-state index in [2.05, 4.69) is 10.2 Å². The SMILES string of the molecule is NC(=O)C1ONC(=O)C1NC(=O)OCc1ccccc1. The van der Waals surface area contributed by atoms with Gasteiger partial charge in [0.1, 0.15) is 6.61 Å². The van der Waals surface area contributed by atoms with Crippen molar-refractivity contribution in [1.29, 1.82) is 0 Å². The minimum Gasteiger partial charge on any atom is -0.445 e. The Morgan fingerprint density at radius 1 is 1.35 bits per heavy atom. The molecule has 1 aliphatic rings. The molecule has 106 valence electrons. The van der Waals surface area contributed by atoms with Crippen LogP contribution < -0.4 is 16.5 Å². The molecule has 2 atom stereocenters. The first-order valence-electron chi connectivity index (χ1n) is 5.80. The Morgan fingerprint density at radius 3 is 2.70 bits per heavy atom. The van der Waals surface area contributed by atoms with Crippen LogP contribution in [-0.4, -0.2) is 30.1 Å². The zero-order valence-corrected chi connectivity index (χ0v) is 10.4. The van der Waals surface area contributed by atoms with Crippen LogP contribution in [0, 0.1) is 0 Å². The van der Waals surface area contributed by atoms with Gasteiger partial charge in [0.15, 0.2) is 12.1 Å². The normalized spacial score (nSPS) is 21.1. The largest absolute Gasteiger partial charge is 0.445 e. The quantitative estimate of drug-likeness (QED) is 0.666. The average Bonchev–Trinajstić information content (AvgIpc) is 2.79. The number of carbonyl (C=O) groups is 3. The van der Waals surface area contributed by atoms with Crippen LogP contribution in [0.25, 0.3) is 0 Å². The van der Waals surface area contributed by atoms with Crippen molar-refractivity contribution >= 4 is 17.9 Å². The Morgan fingerprint density at radius 2 is 2.05 bits per heavy atom. The molecule has 0 aromatic heterocycles. The molecule has 1 aromatic carbocycles. The molecule has 0 aliphatic carbocycles. The summed E-state index contributed by atoms with van der Waals surface area (Å²) >= 11 is 0. The maximum atomic E-state index is 11.6. The van der Waals surface area contributed by atoms with Gasteiger partial charge in [-0.3, -0.25) is 14.4 Å². The second-order valence-corrected chi connectivity index (χ2v) is 4.09. The second-order valence-electron chi connectivity index (χ2n) is 4.09. The number of nitrogens with two attached hydrogens (primary N) is 1. The molecule has 20 heavy (non-hydrogen) atoms. The maximum Gasteiger partial charge on any atom is 0.408 e. The molecule has 1 aromatic rings. The molecule has 1 aliphatic heterocycles. The van der Waals surface area contributed by atoms with E-state index < -0.39 is 30.1 Å². The van der Waals surface area contributed by atoms with Gasteiger partial charge in [0.05, 0.1) is 0 Å². The fourth-order valence-corrected chi connectivity index (χ4v) is 1.65. The first-order chi connectivity index (χ1) is 9.58. The fraction of sp³-hybridized carbons (Fsp3) is 0.250. The van der Waals surface area contributed by atoms with Crippen LogP contribution in [0.3, 0.4) is 0 Å². The molecule has 0 spiro atoms. The van der Waals surface area contributed by atoms with Gasteiger partial charge in [-0.2, -0.15) is 0 Å². The number of benzene rings is 1. The third kappa shape index (κ3) is 3.23. The van der Waals surface area contributed by atoms with Gasteiger partial charge in [-0.15, -0.1) is 0 Å². The zero-order chi connectivity index (χ0) is 14.5. The van der Waals surface area contributed by atoms with E-state index in [1.165, 1.54) is 0 Å². The van der Waals surface area contributed by atoms with E-state index in [9.17, 15) is 14.4 Å². The van der Waals surface area contributed by atoms with E-state index in [1.807, 2.05) is 11.5 Å². The molecular formula is C12H13N3O5. The summed E-state index contributed by atoms with van der Waals surface area (Å²) in [5.74, 6) is -1.53. The molecular weight excluding hydrogens is 266 g/mol. The second kappa shape index (κ2) is 6.02. The van der Waals surface area contributed by atoms with E-state index in [0.29, 0.717) is 0 Å². The van der Waals surface area contributed by atoms with Crippen molar-refractivity contribution < 1.29 is 24.0 Å². The van der Waals surface area contributed by atoms with Gasteiger partial charge in [0, 0.05) is 0 Å². The summed E-state index contributed by atoms with van der Waals surface area (Å²) in [5, 5.41) is 2.23. The number of alkyl carbamates (subject to hydrolysis) is 1. The van der Waals surface area contributed by atoms with Crippen molar-refractivity contribution in [3.8, 4) is 0 Å². The summed E-state index contributed by atoms with van der Waals surface area (Å²) in [6, 6.07) is 7.81. The predicted molar refractivity (Wildman–Crippen MR) is 65.8 cm³/mol. The van der Waals surface area contributed by atoms with Crippen molar-refractivity contribution in [2.75, 3.05) is 0 Å². The number of nitrogens with one attached hydrogen (secondary N) is 2. The minimum absolute atomic E-state index is 0.0447. The summed E-state index contributed by atoms with van der Waals surface area (Å²) in [7, 11) is 0. The zero-order valence-electron chi connectivity index (χ0n) is 10.4. The lowest BCUT2D eigenvalue weighted by Gasteiger charge is -2.13. The predicted octanol–water partition coefficient (Wildman–Crippen LogP) is -0.803. The van der Waals surface area contributed by atoms with Crippen molar-refractivity contribution in [3.63, 3.8) is 0 Å². The molecule has 3 amide bonds. The number of hydrogen-bond donors (Lipinski definition) is 3. The highest BCUT2D eigenvalue weighted by Crippen LogP contribution is 2.07. The van der Waals surface area contributed by atoms with Gasteiger partial charge in [-0.25, -0.2) is 10.3 Å². The lowest BCUT2D eigenvalue weighted by Crippen LogP contribution is -2.50. The number of hydrogen-bond acceptors (Lipinski definition) is 5. The highest BCUT2D eigenvalue weighted by molar-refractivity contribution is 5.94. The van der Waals surface area contributed by atoms with Crippen molar-refractivity contribution in [2.24, 2.45) is 5.73 Å². The lowest BCUT2D eigenvalue weighted by molar-refractivity contribution is -0.131. The number of rotatable bonds is 4. The summed E-state index contributed by atoms with van der Waals surface area (Å²) in [5.41, 5.74) is 7.81. The third-order valence-corrected chi connectivity index (χ3v) is 2.64. The van der Waals surface area contributed by atoms with Gasteiger partial charge < -0.3 is 15.8 Å². The van der Waals surface area contributed by atoms with Crippen molar-refractivity contribution in [3.05, 3.63) is 35.9 Å². The lowest BCUT2D eigenvalue weighted by atomic mass is 10.1. The molecule has 0 bridgehead atoms. The number of carbonyl (C=O) groups excluding carboxylic acids is 3. The molecule has 0 saturated carbocycles. The Balaban J connectivity index is 1.87. The molecule has 1 fully saturated rings. The Hall–Kier alpha value is -2.61. The van der Waals surface area contributed by atoms with Gasteiger partial charge >= 0.3 is 6.09 Å². The van der Waals surface area contributed by atoms with Crippen LogP contribution in [0.5, 0.6) is 0 Å². The molecule has 1 saturated heterocycles. The van der Waals surface area contributed by atoms with E-state index >= 15 is 0 Å². The highest BCUT2D eigenvalue weighted by Gasteiger charge is 2.41. The van der Waals surface area contributed by atoms with Crippen LogP contribution in [0.1, 0.15) is 5.56 Å². The number of primary amides is 1. The Labute approximate surface area is 114 Å². The van der Waals surface area contributed by atoms with Crippen LogP contribution >= 0.6 is 0 Å². The number of ether oxygens (including phenoxy) is 1. The minimum atomic E-state index is -1.26. The summed E-state index contributed by atoms with van der Waals surface area (Å²) in [4.78, 5) is 38.6. The van der Waals surface area contributed by atoms with E-state index in [4.69, 9.17) is 10.5 Å². The highest BCUT2D eigenvalue weighted by atomic mass is 16.7. The van der Waals surface area contributed by atoms with Gasteiger partial charge in [0.2, 0.25) is 0 Å². The average molecular weight is 279 g/mol. The van der Waals surface area contributed by atoms with E-state index in [-0.39, 0.29) is 6.61 Å². The standard InChI is InChI=1S/C12H13N3O5/c13-10(16)9-8(11(17)15-20-9)14-12(18)19-6-7-4-2-1-3-5-7/h1-5,8-9H,6H2,(H2,13,16)(H,14,18)(H,15,17). The number of amides is 3. The summed E-state index contributed by atoms with van der Waals surface area (Å²) in [6.07, 6.45) is -2.10. The van der Waals surface area contributed by atoms with Gasteiger partial charge in [-0.1, -0.05) is 30.3 Å². The van der Waals surface area contributed by atoms with Crippen LogP contribution in [0.4, 0.5) is 4.79 Å². The van der Waals surface area contributed by atoms with Crippen molar-refractivity contribution in [2.45, 2.75) is 18.8 Å². The molecule has 1 heterocycles. The van der Waals surface area contributed by atoms with Crippen molar-refractivity contribution in [1.82, 2.24) is 10.8 Å². The van der Waals surface area contributed by atoms with E-state index in [1.54, 1.807) is 24.3 Å². The summed E-state index contributed by atoms with van der Waals surface area (Å²) in [6.45, 7) is 0.0447. The topological polar surface area (TPSA) is 120 Å². The first-order valence-corrected chi connectivity index (χ1v) is 5.80. The first kappa shape index (κ1) is 13.8. The monoisotopic (exact) mass is 279 g/mol. The molecule has 8 nitrogen and oxygen atoms in total.